The fourth-order valence-corrected chi connectivity index (χ4v) is 3.44. The van der Waals surface area contributed by atoms with Crippen molar-refractivity contribution in [2.24, 2.45) is 7.05 Å². The fraction of sp³-hybridized carbons (Fsp3) is 0.471. The Morgan fingerprint density at radius 2 is 2.08 bits per heavy atom. The first kappa shape index (κ1) is 15.7. The van der Waals surface area contributed by atoms with Gasteiger partial charge in [0.1, 0.15) is 12.1 Å². The second-order valence-corrected chi connectivity index (χ2v) is 6.59. The third-order valence-corrected chi connectivity index (χ3v) is 4.89. The highest BCUT2D eigenvalue weighted by Gasteiger charge is 2.26. The molecular formula is C17H22N8. The smallest absolute Gasteiger partial charge is 0.163 e. The Bertz CT molecular complexity index is 872. The third-order valence-electron chi connectivity index (χ3n) is 4.89. The predicted octanol–water partition coefficient (Wildman–Crippen LogP) is 1.57. The lowest BCUT2D eigenvalue weighted by molar-refractivity contribution is 0.483. The predicted molar refractivity (Wildman–Crippen MR) is 96.7 cm³/mol. The number of fused-ring (bicyclic) bond motifs is 1. The maximum Gasteiger partial charge on any atom is 0.163 e. The molecule has 4 heterocycles. The van der Waals surface area contributed by atoms with Gasteiger partial charge in [-0.25, -0.2) is 9.97 Å². The Morgan fingerprint density at radius 1 is 1.20 bits per heavy atom. The molecule has 0 N–H and O–H groups in total. The number of aryl methyl sites for hydroxylation is 2. The van der Waals surface area contributed by atoms with Gasteiger partial charge in [0.15, 0.2) is 11.5 Å². The number of hydrogen-bond acceptors (Lipinski definition) is 7. The zero-order valence-corrected chi connectivity index (χ0v) is 14.8. The topological polar surface area (TPSA) is 75.9 Å². The molecule has 130 valence electrons. The molecule has 8 nitrogen and oxygen atoms in total. The van der Waals surface area contributed by atoms with E-state index in [0.29, 0.717) is 6.04 Å². The highest BCUT2D eigenvalue weighted by atomic mass is 15.3. The van der Waals surface area contributed by atoms with Crippen LogP contribution in [0.3, 0.4) is 0 Å². The number of nitrogens with zero attached hydrogens (tertiary/aromatic N) is 8. The molecule has 1 saturated heterocycles. The quantitative estimate of drug-likeness (QED) is 0.717. The molecule has 4 rings (SSSR count). The van der Waals surface area contributed by atoms with Gasteiger partial charge in [-0.3, -0.25) is 4.68 Å². The van der Waals surface area contributed by atoms with E-state index in [0.717, 1.165) is 54.3 Å². The normalized spacial score (nSPS) is 17.9. The molecule has 0 amide bonds. The number of hydrogen-bond donors (Lipinski definition) is 0. The lowest BCUT2D eigenvalue weighted by Crippen LogP contribution is -2.47. The van der Waals surface area contributed by atoms with Gasteiger partial charge in [0.25, 0.3) is 0 Å². The maximum absolute atomic E-state index is 4.52. The Labute approximate surface area is 146 Å². The van der Waals surface area contributed by atoms with Crippen LogP contribution in [-0.2, 0) is 7.05 Å². The Kier molecular flexibility index (Phi) is 3.95. The molecule has 1 fully saturated rings. The zero-order valence-electron chi connectivity index (χ0n) is 14.8. The van der Waals surface area contributed by atoms with Crippen LogP contribution in [-0.4, -0.2) is 56.1 Å². The summed E-state index contributed by atoms with van der Waals surface area (Å²) in [5, 5.41) is 13.8. The van der Waals surface area contributed by atoms with Crippen LogP contribution in [0.2, 0.25) is 0 Å². The van der Waals surface area contributed by atoms with Crippen molar-refractivity contribution in [1.29, 1.82) is 0 Å². The number of rotatable bonds is 3. The van der Waals surface area contributed by atoms with Crippen LogP contribution in [0.15, 0.2) is 24.7 Å². The third kappa shape index (κ3) is 2.88. The van der Waals surface area contributed by atoms with Gasteiger partial charge < -0.3 is 9.80 Å². The number of anilines is 2. The van der Waals surface area contributed by atoms with Crippen molar-refractivity contribution in [2.45, 2.75) is 25.8 Å². The van der Waals surface area contributed by atoms with Gasteiger partial charge in [-0.1, -0.05) is 0 Å². The van der Waals surface area contributed by atoms with Crippen LogP contribution in [0.25, 0.3) is 11.0 Å². The van der Waals surface area contributed by atoms with Gasteiger partial charge in [-0.2, -0.15) is 10.2 Å². The summed E-state index contributed by atoms with van der Waals surface area (Å²) in [4.78, 5) is 13.4. The summed E-state index contributed by atoms with van der Waals surface area (Å²) in [6, 6.07) is 4.42. The van der Waals surface area contributed by atoms with E-state index in [-0.39, 0.29) is 0 Å². The molecule has 8 heteroatoms. The number of likely N-dealkylation sites (N-methyl/N-ethyl adjacent to an activating group) is 1. The van der Waals surface area contributed by atoms with E-state index < -0.39 is 0 Å². The molecule has 3 aromatic rings. The van der Waals surface area contributed by atoms with E-state index in [2.05, 4.69) is 48.2 Å². The van der Waals surface area contributed by atoms with Gasteiger partial charge in [0.05, 0.1) is 17.3 Å². The molecular weight excluding hydrogens is 316 g/mol. The van der Waals surface area contributed by atoms with Crippen molar-refractivity contribution >= 4 is 22.7 Å². The summed E-state index contributed by atoms with van der Waals surface area (Å²) >= 11 is 0. The highest BCUT2D eigenvalue weighted by Crippen LogP contribution is 2.27. The molecule has 0 saturated carbocycles. The Morgan fingerprint density at radius 3 is 2.88 bits per heavy atom. The molecule has 0 aliphatic carbocycles. The first-order chi connectivity index (χ1) is 12.1. The van der Waals surface area contributed by atoms with Gasteiger partial charge in [0.2, 0.25) is 0 Å². The number of aromatic nitrogens is 6. The lowest BCUT2D eigenvalue weighted by Gasteiger charge is -2.38. The Hall–Kier alpha value is -2.77. The summed E-state index contributed by atoms with van der Waals surface area (Å²) < 4.78 is 1.78. The fourth-order valence-electron chi connectivity index (χ4n) is 3.44. The van der Waals surface area contributed by atoms with Crippen LogP contribution < -0.4 is 9.80 Å². The molecule has 1 aliphatic rings. The van der Waals surface area contributed by atoms with E-state index >= 15 is 0 Å². The molecule has 0 spiro atoms. The van der Waals surface area contributed by atoms with Crippen LogP contribution >= 0.6 is 0 Å². The minimum Gasteiger partial charge on any atom is -0.354 e. The second-order valence-electron chi connectivity index (χ2n) is 6.59. The van der Waals surface area contributed by atoms with Gasteiger partial charge in [-0.05, 0) is 31.9 Å². The van der Waals surface area contributed by atoms with E-state index in [1.165, 1.54) is 0 Å². The molecule has 0 radical (unpaired) electrons. The van der Waals surface area contributed by atoms with Crippen molar-refractivity contribution in [3.8, 4) is 0 Å². The van der Waals surface area contributed by atoms with E-state index in [1.807, 2.05) is 26.2 Å². The van der Waals surface area contributed by atoms with Crippen molar-refractivity contribution in [1.82, 2.24) is 29.9 Å². The first-order valence-corrected chi connectivity index (χ1v) is 8.54. The average Bonchev–Trinajstić information content (AvgIpc) is 3.03. The first-order valence-electron chi connectivity index (χ1n) is 8.54. The minimum absolute atomic E-state index is 0.357. The standard InChI is InChI=1S/C17H22N8/c1-12-6-7-15(22-21-12)25-8-4-5-13(10-25)23(2)16-14-9-20-24(3)17(14)19-11-18-16/h6-7,9,11,13H,4-5,8,10H2,1-3H3. The summed E-state index contributed by atoms with van der Waals surface area (Å²) in [5.41, 5.74) is 1.79. The van der Waals surface area contributed by atoms with Crippen molar-refractivity contribution in [3.63, 3.8) is 0 Å². The van der Waals surface area contributed by atoms with Crippen LogP contribution in [0.1, 0.15) is 18.5 Å². The molecule has 1 atom stereocenters. The van der Waals surface area contributed by atoms with E-state index in [4.69, 9.17) is 0 Å². The molecule has 1 unspecified atom stereocenters. The molecule has 0 aromatic carbocycles. The molecule has 1 aliphatic heterocycles. The van der Waals surface area contributed by atoms with Crippen LogP contribution in [0.5, 0.6) is 0 Å². The molecule has 3 aromatic heterocycles. The van der Waals surface area contributed by atoms with Crippen molar-refractivity contribution in [2.75, 3.05) is 29.9 Å². The maximum atomic E-state index is 4.52. The van der Waals surface area contributed by atoms with Crippen LogP contribution in [0, 0.1) is 6.92 Å². The summed E-state index contributed by atoms with van der Waals surface area (Å²) in [5.74, 6) is 1.87. The SMILES string of the molecule is Cc1ccc(N2CCCC(N(C)c3ncnc4c3cnn4C)C2)nn1. The van der Waals surface area contributed by atoms with Crippen LogP contribution in [0.4, 0.5) is 11.6 Å². The Balaban J connectivity index is 1.59. The lowest BCUT2D eigenvalue weighted by atomic mass is 10.0. The van der Waals surface area contributed by atoms with Gasteiger partial charge in [0, 0.05) is 33.2 Å². The van der Waals surface area contributed by atoms with Crippen molar-refractivity contribution in [3.05, 3.63) is 30.4 Å². The van der Waals surface area contributed by atoms with Gasteiger partial charge >= 0.3 is 0 Å². The summed E-state index contributed by atoms with van der Waals surface area (Å²) in [6.45, 7) is 3.87. The monoisotopic (exact) mass is 338 g/mol. The van der Waals surface area contributed by atoms with E-state index in [9.17, 15) is 0 Å². The second kappa shape index (κ2) is 6.27. The summed E-state index contributed by atoms with van der Waals surface area (Å²) in [6.07, 6.45) is 5.69. The summed E-state index contributed by atoms with van der Waals surface area (Å²) in [7, 11) is 4.00. The van der Waals surface area contributed by atoms with Crippen molar-refractivity contribution < 1.29 is 0 Å². The molecule has 0 bridgehead atoms. The minimum atomic E-state index is 0.357. The average molecular weight is 338 g/mol. The van der Waals surface area contributed by atoms with Gasteiger partial charge in [-0.15, -0.1) is 5.10 Å². The number of piperidine rings is 1. The molecule has 25 heavy (non-hydrogen) atoms. The zero-order chi connectivity index (χ0) is 17.4. The largest absolute Gasteiger partial charge is 0.354 e. The highest BCUT2D eigenvalue weighted by molar-refractivity contribution is 5.86. The van der Waals surface area contributed by atoms with E-state index in [1.54, 1.807) is 11.0 Å².